The summed E-state index contributed by atoms with van der Waals surface area (Å²) in [5.41, 5.74) is 1.24. The molecule has 0 bridgehead atoms. The highest BCUT2D eigenvalue weighted by Crippen LogP contribution is 2.20. The molecule has 0 aliphatic rings. The average Bonchev–Trinajstić information content (AvgIpc) is 2.40. The lowest BCUT2D eigenvalue weighted by Crippen LogP contribution is -2.12. The Balaban J connectivity index is 2.09. The van der Waals surface area contributed by atoms with Gasteiger partial charge in [0, 0.05) is 5.56 Å². The van der Waals surface area contributed by atoms with E-state index in [0.29, 0.717) is 10.6 Å². The quantitative estimate of drug-likeness (QED) is 0.789. The van der Waals surface area contributed by atoms with Crippen molar-refractivity contribution in [1.82, 2.24) is 0 Å². The molecule has 98 valence electrons. The maximum Gasteiger partial charge on any atom is 0.201 e. The van der Waals surface area contributed by atoms with Crippen LogP contribution in [0.25, 0.3) is 0 Å². The number of rotatable bonds is 4. The summed E-state index contributed by atoms with van der Waals surface area (Å²) in [5.74, 6) is -0.704. The topological polar surface area (TPSA) is 26.3 Å². The van der Waals surface area contributed by atoms with Gasteiger partial charge in [-0.05, 0) is 36.8 Å². The van der Waals surface area contributed by atoms with Crippen LogP contribution >= 0.6 is 11.6 Å². The van der Waals surface area contributed by atoms with Gasteiger partial charge >= 0.3 is 0 Å². The second kappa shape index (κ2) is 5.85. The maximum absolute atomic E-state index is 13.4. The van der Waals surface area contributed by atoms with Gasteiger partial charge in [-0.3, -0.25) is 4.79 Å². The van der Waals surface area contributed by atoms with E-state index < -0.39 is 5.82 Å². The minimum atomic E-state index is -0.488. The fourth-order valence-electron chi connectivity index (χ4n) is 1.63. The van der Waals surface area contributed by atoms with Crippen molar-refractivity contribution in [3.63, 3.8) is 0 Å². The predicted octanol–water partition coefficient (Wildman–Crippen LogP) is 4.05. The highest BCUT2D eigenvalue weighted by atomic mass is 35.5. The van der Waals surface area contributed by atoms with Gasteiger partial charge in [0.2, 0.25) is 5.78 Å². The number of hydrogen-bond donors (Lipinski definition) is 0. The number of carbonyl (C=O) groups excluding carboxylic acids is 1. The molecule has 0 aromatic heterocycles. The van der Waals surface area contributed by atoms with Crippen molar-refractivity contribution in [3.8, 4) is 5.75 Å². The number of ether oxygens (including phenoxy) is 1. The standard InChI is InChI=1S/C15H12ClFO2/c1-10-6-7-13(17)15(8-10)19-9-14(18)11-4-2-3-5-12(11)16/h2-8H,9H2,1H3. The maximum atomic E-state index is 13.4. The summed E-state index contributed by atoms with van der Waals surface area (Å²) in [5, 5.41) is 0.362. The molecule has 0 aliphatic heterocycles. The Morgan fingerprint density at radius 3 is 2.74 bits per heavy atom. The third-order valence-corrected chi connectivity index (χ3v) is 2.95. The molecule has 0 radical (unpaired) electrons. The molecule has 2 aromatic carbocycles. The zero-order chi connectivity index (χ0) is 13.8. The van der Waals surface area contributed by atoms with Crippen LogP contribution in [0.1, 0.15) is 15.9 Å². The Kier molecular flexibility index (Phi) is 4.17. The van der Waals surface area contributed by atoms with E-state index in [2.05, 4.69) is 0 Å². The normalized spacial score (nSPS) is 10.3. The van der Waals surface area contributed by atoms with Crippen molar-refractivity contribution in [2.75, 3.05) is 6.61 Å². The van der Waals surface area contributed by atoms with Gasteiger partial charge in [-0.1, -0.05) is 29.8 Å². The van der Waals surface area contributed by atoms with Crippen LogP contribution in [0.5, 0.6) is 5.75 Å². The Morgan fingerprint density at radius 1 is 1.26 bits per heavy atom. The highest BCUT2D eigenvalue weighted by Gasteiger charge is 2.12. The van der Waals surface area contributed by atoms with E-state index in [1.807, 2.05) is 6.92 Å². The lowest BCUT2D eigenvalue weighted by molar-refractivity contribution is 0.0919. The van der Waals surface area contributed by atoms with Crippen molar-refractivity contribution in [3.05, 3.63) is 64.4 Å². The number of hydrogen-bond acceptors (Lipinski definition) is 2. The number of ketones is 1. The molecule has 4 heteroatoms. The van der Waals surface area contributed by atoms with Gasteiger partial charge in [-0.25, -0.2) is 4.39 Å². The first-order valence-electron chi connectivity index (χ1n) is 5.74. The Morgan fingerprint density at radius 2 is 2.00 bits per heavy atom. The number of benzene rings is 2. The second-order valence-corrected chi connectivity index (χ2v) is 4.53. The Hall–Kier alpha value is -1.87. The largest absolute Gasteiger partial charge is 0.482 e. The summed E-state index contributed by atoms with van der Waals surface area (Å²) < 4.78 is 18.6. The van der Waals surface area contributed by atoms with Gasteiger partial charge in [0.1, 0.15) is 0 Å². The second-order valence-electron chi connectivity index (χ2n) is 4.13. The molecule has 0 saturated carbocycles. The van der Waals surface area contributed by atoms with E-state index in [1.54, 1.807) is 36.4 Å². The minimum Gasteiger partial charge on any atom is -0.482 e. The molecule has 0 saturated heterocycles. The van der Waals surface area contributed by atoms with Crippen LogP contribution in [0.4, 0.5) is 4.39 Å². The Bertz CT molecular complexity index is 611. The van der Waals surface area contributed by atoms with Gasteiger partial charge in [0.25, 0.3) is 0 Å². The molecule has 0 heterocycles. The van der Waals surface area contributed by atoms with Gasteiger partial charge in [-0.2, -0.15) is 0 Å². The van der Waals surface area contributed by atoms with Gasteiger partial charge in [-0.15, -0.1) is 0 Å². The van der Waals surface area contributed by atoms with Crippen molar-refractivity contribution in [2.24, 2.45) is 0 Å². The van der Waals surface area contributed by atoms with Gasteiger partial charge in [0.05, 0.1) is 5.02 Å². The molecule has 0 unspecified atom stereocenters. The number of Topliss-reactive ketones (excluding diaryl/α,β-unsaturated/α-hetero) is 1. The van der Waals surface area contributed by atoms with Gasteiger partial charge in [0.15, 0.2) is 18.2 Å². The first-order valence-corrected chi connectivity index (χ1v) is 6.12. The minimum absolute atomic E-state index is 0.0698. The molecule has 0 spiro atoms. The first kappa shape index (κ1) is 13.6. The van der Waals surface area contributed by atoms with Crippen molar-refractivity contribution < 1.29 is 13.9 Å². The number of halogens is 2. The summed E-state index contributed by atoms with van der Waals surface area (Å²) in [4.78, 5) is 11.9. The molecule has 2 aromatic rings. The van der Waals surface area contributed by atoms with Crippen molar-refractivity contribution >= 4 is 17.4 Å². The number of carbonyl (C=O) groups is 1. The fraction of sp³-hybridized carbons (Fsp3) is 0.133. The third-order valence-electron chi connectivity index (χ3n) is 2.62. The summed E-state index contributed by atoms with van der Waals surface area (Å²) in [6, 6.07) is 11.2. The van der Waals surface area contributed by atoms with Gasteiger partial charge < -0.3 is 4.74 Å². The molecule has 0 N–H and O–H groups in total. The molecule has 0 fully saturated rings. The smallest absolute Gasteiger partial charge is 0.201 e. The van der Waals surface area contributed by atoms with E-state index in [9.17, 15) is 9.18 Å². The van der Waals surface area contributed by atoms with Crippen LogP contribution in [0.3, 0.4) is 0 Å². The van der Waals surface area contributed by atoms with Crippen LogP contribution in [0.15, 0.2) is 42.5 Å². The predicted molar refractivity (Wildman–Crippen MR) is 72.4 cm³/mol. The molecule has 19 heavy (non-hydrogen) atoms. The van der Waals surface area contributed by atoms with Crippen LogP contribution in [-0.2, 0) is 0 Å². The summed E-state index contributed by atoms with van der Waals surface area (Å²) in [7, 11) is 0. The number of aryl methyl sites for hydroxylation is 1. The van der Waals surface area contributed by atoms with Crippen molar-refractivity contribution in [2.45, 2.75) is 6.92 Å². The lowest BCUT2D eigenvalue weighted by atomic mass is 10.1. The van der Waals surface area contributed by atoms with Crippen LogP contribution < -0.4 is 4.74 Å². The summed E-state index contributed by atoms with van der Waals surface area (Å²) in [6.45, 7) is 1.58. The van der Waals surface area contributed by atoms with E-state index in [-0.39, 0.29) is 18.1 Å². The SMILES string of the molecule is Cc1ccc(F)c(OCC(=O)c2ccccc2Cl)c1. The van der Waals surface area contributed by atoms with Crippen LogP contribution in [-0.4, -0.2) is 12.4 Å². The molecule has 0 atom stereocenters. The zero-order valence-corrected chi connectivity index (χ0v) is 11.1. The lowest BCUT2D eigenvalue weighted by Gasteiger charge is -2.08. The molecule has 0 aliphatic carbocycles. The third kappa shape index (κ3) is 3.32. The molecular weight excluding hydrogens is 267 g/mol. The van der Waals surface area contributed by atoms with E-state index in [0.717, 1.165) is 5.56 Å². The fourth-order valence-corrected chi connectivity index (χ4v) is 1.87. The zero-order valence-electron chi connectivity index (χ0n) is 10.3. The average molecular weight is 279 g/mol. The monoisotopic (exact) mass is 278 g/mol. The molecule has 2 rings (SSSR count). The molecular formula is C15H12ClFO2. The highest BCUT2D eigenvalue weighted by molar-refractivity contribution is 6.34. The Labute approximate surface area is 115 Å². The van der Waals surface area contributed by atoms with E-state index in [1.165, 1.54) is 6.07 Å². The van der Waals surface area contributed by atoms with E-state index >= 15 is 0 Å². The summed E-state index contributed by atoms with van der Waals surface area (Å²) in [6.07, 6.45) is 0. The van der Waals surface area contributed by atoms with Crippen LogP contribution in [0, 0.1) is 12.7 Å². The van der Waals surface area contributed by atoms with Crippen LogP contribution in [0.2, 0.25) is 5.02 Å². The molecule has 2 nitrogen and oxygen atoms in total. The first-order chi connectivity index (χ1) is 9.08. The molecule has 0 amide bonds. The van der Waals surface area contributed by atoms with E-state index in [4.69, 9.17) is 16.3 Å². The summed E-state index contributed by atoms with van der Waals surface area (Å²) >= 11 is 5.91. The van der Waals surface area contributed by atoms with Crippen molar-refractivity contribution in [1.29, 1.82) is 0 Å².